The molecule has 0 heteroatoms. The van der Waals surface area contributed by atoms with Gasteiger partial charge in [-0.25, -0.2) is 0 Å². The predicted octanol–water partition coefficient (Wildman–Crippen LogP) is 8.35. The minimum absolute atomic E-state index is 1.75. The SMILES string of the molecule is C=CC.C=CC.C=CC.C=CC.C=CC.C=CC.C=CC. The van der Waals surface area contributed by atoms with Gasteiger partial charge in [-0.05, 0) is 48.5 Å². The van der Waals surface area contributed by atoms with Crippen molar-refractivity contribution < 1.29 is 0 Å². The van der Waals surface area contributed by atoms with Crippen molar-refractivity contribution in [2.24, 2.45) is 0 Å². The van der Waals surface area contributed by atoms with Gasteiger partial charge in [0.05, 0.1) is 0 Å². The van der Waals surface area contributed by atoms with E-state index in [2.05, 4.69) is 46.1 Å². The molecule has 0 N–H and O–H groups in total. The van der Waals surface area contributed by atoms with Crippen LogP contribution in [0.25, 0.3) is 0 Å². The zero-order chi connectivity index (χ0) is 18.9. The van der Waals surface area contributed by atoms with Crippen molar-refractivity contribution in [1.82, 2.24) is 0 Å². The number of allylic oxidation sites excluding steroid dienone is 7. The van der Waals surface area contributed by atoms with Gasteiger partial charge in [0.1, 0.15) is 0 Å². The lowest BCUT2D eigenvalue weighted by atomic mass is 10.8. The number of hydrogen-bond acceptors (Lipinski definition) is 0. The third-order valence-corrected chi connectivity index (χ3v) is 0. The lowest BCUT2D eigenvalue weighted by Gasteiger charge is -1.31. The van der Waals surface area contributed by atoms with E-state index in [1.807, 2.05) is 48.5 Å². The highest BCUT2D eigenvalue weighted by Crippen LogP contribution is 1.39. The third kappa shape index (κ3) is 1440. The Labute approximate surface area is 137 Å². The van der Waals surface area contributed by atoms with Gasteiger partial charge in [-0.15, -0.1) is 46.1 Å². The first-order valence-electron chi connectivity index (χ1n) is 6.90. The maximum Gasteiger partial charge on any atom is -0.0473 e. The minimum Gasteiger partial charge on any atom is -0.103 e. The molecule has 0 aromatic rings. The van der Waals surface area contributed by atoms with E-state index in [9.17, 15) is 0 Å². The van der Waals surface area contributed by atoms with Crippen LogP contribution < -0.4 is 0 Å². The maximum absolute atomic E-state index is 3.36. The summed E-state index contributed by atoms with van der Waals surface area (Å²) >= 11 is 0. The van der Waals surface area contributed by atoms with Gasteiger partial charge in [-0.3, -0.25) is 0 Å². The Morgan fingerprint density at radius 2 is 0.286 bits per heavy atom. The Balaban J connectivity index is -0.0000000218. The van der Waals surface area contributed by atoms with Crippen molar-refractivity contribution in [3.63, 3.8) is 0 Å². The lowest BCUT2D eigenvalue weighted by molar-refractivity contribution is 1.80. The van der Waals surface area contributed by atoms with Crippen molar-refractivity contribution in [3.8, 4) is 0 Å². The van der Waals surface area contributed by atoms with E-state index >= 15 is 0 Å². The maximum atomic E-state index is 3.36. The van der Waals surface area contributed by atoms with E-state index in [0.717, 1.165) is 0 Å². The van der Waals surface area contributed by atoms with Gasteiger partial charge in [0.15, 0.2) is 0 Å². The Morgan fingerprint density at radius 1 is 0.286 bits per heavy atom. The smallest absolute Gasteiger partial charge is 0.0473 e. The minimum atomic E-state index is 1.75. The van der Waals surface area contributed by atoms with E-state index in [0.29, 0.717) is 0 Å². The van der Waals surface area contributed by atoms with Crippen molar-refractivity contribution in [3.05, 3.63) is 88.6 Å². The summed E-state index contributed by atoms with van der Waals surface area (Å²) in [5.74, 6) is 0. The van der Waals surface area contributed by atoms with Crippen LogP contribution in [0.15, 0.2) is 88.6 Å². The van der Waals surface area contributed by atoms with Gasteiger partial charge >= 0.3 is 0 Å². The fourth-order valence-corrected chi connectivity index (χ4v) is 0. The predicted molar refractivity (Wildman–Crippen MR) is 111 cm³/mol. The molecule has 0 atom stereocenters. The summed E-state index contributed by atoms with van der Waals surface area (Å²) in [7, 11) is 0. The van der Waals surface area contributed by atoms with Crippen LogP contribution in [-0.4, -0.2) is 0 Å². The molecule has 0 aromatic heterocycles. The second-order valence-corrected chi connectivity index (χ2v) is 2.86. The Morgan fingerprint density at radius 3 is 0.286 bits per heavy atom. The Kier molecular flexibility index (Phi) is 407. The largest absolute Gasteiger partial charge is 0.103 e. The van der Waals surface area contributed by atoms with Crippen molar-refractivity contribution in [1.29, 1.82) is 0 Å². The summed E-state index contributed by atoms with van der Waals surface area (Å²) in [5.41, 5.74) is 0. The van der Waals surface area contributed by atoms with Gasteiger partial charge in [-0.1, -0.05) is 42.5 Å². The molecule has 0 fully saturated rings. The summed E-state index contributed by atoms with van der Waals surface area (Å²) in [5, 5.41) is 0. The van der Waals surface area contributed by atoms with Gasteiger partial charge in [-0.2, -0.15) is 0 Å². The van der Waals surface area contributed by atoms with Crippen molar-refractivity contribution in [2.75, 3.05) is 0 Å². The normalized spacial score (nSPS) is 4.33. The molecule has 0 aliphatic heterocycles. The molecule has 0 aliphatic rings. The van der Waals surface area contributed by atoms with E-state index in [1.165, 1.54) is 0 Å². The van der Waals surface area contributed by atoms with Gasteiger partial charge < -0.3 is 0 Å². The van der Waals surface area contributed by atoms with Crippen LogP contribution in [0.1, 0.15) is 48.5 Å². The fourth-order valence-electron chi connectivity index (χ4n) is 0. The molecule has 21 heavy (non-hydrogen) atoms. The zero-order valence-electron chi connectivity index (χ0n) is 16.0. The standard InChI is InChI=1S/7C3H6/c7*1-3-2/h7*3H,1H2,2H3. The quantitative estimate of drug-likeness (QED) is 0.394. The second-order valence-electron chi connectivity index (χ2n) is 2.86. The molecule has 0 bridgehead atoms. The third-order valence-electron chi connectivity index (χ3n) is 0. The second kappa shape index (κ2) is 200. The molecule has 0 nitrogen and oxygen atoms in total. The van der Waals surface area contributed by atoms with E-state index in [4.69, 9.17) is 0 Å². The molecule has 0 aliphatic carbocycles. The summed E-state index contributed by atoms with van der Waals surface area (Å²) < 4.78 is 0. The molecule has 0 saturated carbocycles. The highest BCUT2D eigenvalue weighted by Gasteiger charge is 1.16. The van der Waals surface area contributed by atoms with Gasteiger partial charge in [0, 0.05) is 0 Å². The van der Waals surface area contributed by atoms with Crippen LogP contribution >= 0.6 is 0 Å². The van der Waals surface area contributed by atoms with Crippen LogP contribution in [0, 0.1) is 0 Å². The molecule has 0 saturated heterocycles. The average Bonchev–Trinajstić information content (AvgIpc) is 2.35. The molecule has 0 spiro atoms. The molecule has 0 aromatic carbocycles. The number of rotatable bonds is 0. The first-order valence-corrected chi connectivity index (χ1v) is 6.90. The first-order chi connectivity index (χ1) is 9.90. The van der Waals surface area contributed by atoms with Crippen LogP contribution in [-0.2, 0) is 0 Å². The van der Waals surface area contributed by atoms with E-state index < -0.39 is 0 Å². The highest BCUT2D eigenvalue weighted by molar-refractivity contribution is 4.53. The molecule has 0 amide bonds. The van der Waals surface area contributed by atoms with Crippen molar-refractivity contribution >= 4 is 0 Å². The topological polar surface area (TPSA) is 0 Å². The molecule has 0 unspecified atom stereocenters. The molecule has 0 rings (SSSR count). The van der Waals surface area contributed by atoms with Crippen LogP contribution in [0.2, 0.25) is 0 Å². The molecular weight excluding hydrogens is 252 g/mol. The van der Waals surface area contributed by atoms with Crippen molar-refractivity contribution in [2.45, 2.75) is 48.5 Å². The summed E-state index contributed by atoms with van der Waals surface area (Å²) in [6.45, 7) is 36.8. The van der Waals surface area contributed by atoms with Crippen LogP contribution in [0.3, 0.4) is 0 Å². The zero-order valence-corrected chi connectivity index (χ0v) is 16.0. The lowest BCUT2D eigenvalue weighted by Crippen LogP contribution is -1.07. The summed E-state index contributed by atoms with van der Waals surface area (Å²) in [6.07, 6.45) is 12.2. The molecule has 0 radical (unpaired) electrons. The first kappa shape index (κ1) is 42.7. The van der Waals surface area contributed by atoms with Gasteiger partial charge in [0.25, 0.3) is 0 Å². The number of hydrogen-bond donors (Lipinski definition) is 0. The summed E-state index contributed by atoms with van der Waals surface area (Å²) in [6, 6.07) is 0. The fraction of sp³-hybridized carbons (Fsp3) is 0.333. The molecule has 0 heterocycles. The van der Waals surface area contributed by atoms with Crippen LogP contribution in [0.4, 0.5) is 0 Å². The highest BCUT2D eigenvalue weighted by atomic mass is 13.3. The average molecular weight is 295 g/mol. The molecule has 126 valence electrons. The Hall–Kier alpha value is -1.82. The van der Waals surface area contributed by atoms with E-state index in [-0.39, 0.29) is 0 Å². The molecular formula is C21H42. The summed E-state index contributed by atoms with van der Waals surface area (Å²) in [4.78, 5) is 0. The van der Waals surface area contributed by atoms with E-state index in [1.54, 1.807) is 42.5 Å². The Bertz CT molecular complexity index is 112. The van der Waals surface area contributed by atoms with Crippen LogP contribution in [0.5, 0.6) is 0 Å². The van der Waals surface area contributed by atoms with Gasteiger partial charge in [0.2, 0.25) is 0 Å². The monoisotopic (exact) mass is 294 g/mol.